The standard InChI is InChI=1S/C17H23FN2O/c1-14(2)13-19-9-11-20(12-10-19)17(21)8-5-15-3-6-16(18)7-4-15/h3-8,14H,9-13H2,1-2H3/b8-5+. The van der Waals surface area contributed by atoms with Gasteiger partial charge in [0.1, 0.15) is 5.82 Å². The van der Waals surface area contributed by atoms with E-state index in [1.165, 1.54) is 12.1 Å². The summed E-state index contributed by atoms with van der Waals surface area (Å²) in [5.41, 5.74) is 0.836. The third-order valence-corrected chi connectivity index (χ3v) is 3.60. The number of nitrogens with zero attached hydrogens (tertiary/aromatic N) is 2. The van der Waals surface area contributed by atoms with Crippen LogP contribution in [0.15, 0.2) is 30.3 Å². The molecule has 0 atom stereocenters. The van der Waals surface area contributed by atoms with Gasteiger partial charge < -0.3 is 4.90 Å². The molecule has 2 rings (SSSR count). The smallest absolute Gasteiger partial charge is 0.246 e. The summed E-state index contributed by atoms with van der Waals surface area (Å²) in [7, 11) is 0. The maximum atomic E-state index is 12.8. The van der Waals surface area contributed by atoms with E-state index in [9.17, 15) is 9.18 Å². The minimum absolute atomic E-state index is 0.0310. The summed E-state index contributed by atoms with van der Waals surface area (Å²) >= 11 is 0. The van der Waals surface area contributed by atoms with E-state index < -0.39 is 0 Å². The van der Waals surface area contributed by atoms with E-state index in [4.69, 9.17) is 0 Å². The molecule has 0 radical (unpaired) electrons. The summed E-state index contributed by atoms with van der Waals surface area (Å²) in [5.74, 6) is 0.425. The van der Waals surface area contributed by atoms with Crippen LogP contribution in [0.25, 0.3) is 6.08 Å². The first-order valence-electron chi connectivity index (χ1n) is 7.49. The van der Waals surface area contributed by atoms with Crippen molar-refractivity contribution in [1.29, 1.82) is 0 Å². The molecule has 1 amide bonds. The molecule has 0 saturated carbocycles. The van der Waals surface area contributed by atoms with Crippen LogP contribution in [0.5, 0.6) is 0 Å². The Hall–Kier alpha value is -1.68. The van der Waals surface area contributed by atoms with Gasteiger partial charge >= 0.3 is 0 Å². The van der Waals surface area contributed by atoms with E-state index in [1.807, 2.05) is 4.90 Å². The monoisotopic (exact) mass is 290 g/mol. The Bertz CT molecular complexity index is 488. The molecule has 21 heavy (non-hydrogen) atoms. The summed E-state index contributed by atoms with van der Waals surface area (Å²) in [5, 5.41) is 0. The number of halogens is 1. The highest BCUT2D eigenvalue weighted by Crippen LogP contribution is 2.08. The van der Waals surface area contributed by atoms with Crippen LogP contribution in [0, 0.1) is 11.7 Å². The third kappa shape index (κ3) is 4.97. The maximum absolute atomic E-state index is 12.8. The highest BCUT2D eigenvalue weighted by Gasteiger charge is 2.19. The molecule has 1 aromatic carbocycles. The number of benzene rings is 1. The van der Waals surface area contributed by atoms with E-state index in [1.54, 1.807) is 24.3 Å². The molecule has 1 aromatic rings. The topological polar surface area (TPSA) is 23.6 Å². The van der Waals surface area contributed by atoms with Gasteiger partial charge in [-0.05, 0) is 29.7 Å². The van der Waals surface area contributed by atoms with E-state index in [-0.39, 0.29) is 11.7 Å². The minimum atomic E-state index is -0.264. The lowest BCUT2D eigenvalue weighted by molar-refractivity contribution is -0.127. The molecule has 1 aliphatic rings. The third-order valence-electron chi connectivity index (χ3n) is 3.60. The Balaban J connectivity index is 1.83. The molecule has 0 bridgehead atoms. The van der Waals surface area contributed by atoms with Gasteiger partial charge in [0.2, 0.25) is 5.91 Å². The van der Waals surface area contributed by atoms with Crippen molar-refractivity contribution in [1.82, 2.24) is 9.80 Å². The quantitative estimate of drug-likeness (QED) is 0.796. The predicted octanol–water partition coefficient (Wildman–Crippen LogP) is 2.64. The zero-order valence-electron chi connectivity index (χ0n) is 12.8. The molecule has 0 spiro atoms. The SMILES string of the molecule is CC(C)CN1CCN(C(=O)/C=C/c2ccc(F)cc2)CC1. The largest absolute Gasteiger partial charge is 0.337 e. The fourth-order valence-electron chi connectivity index (χ4n) is 2.51. The molecule has 0 aliphatic carbocycles. The van der Waals surface area contributed by atoms with Crippen molar-refractivity contribution in [3.63, 3.8) is 0 Å². The predicted molar refractivity (Wildman–Crippen MR) is 83.3 cm³/mol. The molecule has 114 valence electrons. The summed E-state index contributed by atoms with van der Waals surface area (Å²) in [6.07, 6.45) is 3.31. The van der Waals surface area contributed by atoms with Crippen molar-refractivity contribution in [2.24, 2.45) is 5.92 Å². The van der Waals surface area contributed by atoms with Crippen LogP contribution in [-0.4, -0.2) is 48.4 Å². The van der Waals surface area contributed by atoms with Gasteiger partial charge in [0, 0.05) is 38.8 Å². The zero-order valence-corrected chi connectivity index (χ0v) is 12.8. The molecule has 0 N–H and O–H groups in total. The molecule has 1 heterocycles. The van der Waals surface area contributed by atoms with Crippen molar-refractivity contribution in [3.8, 4) is 0 Å². The van der Waals surface area contributed by atoms with Gasteiger partial charge in [-0.25, -0.2) is 4.39 Å². The van der Waals surface area contributed by atoms with Gasteiger partial charge in [-0.2, -0.15) is 0 Å². The normalized spacial score (nSPS) is 16.9. The molecule has 0 unspecified atom stereocenters. The number of carbonyl (C=O) groups excluding carboxylic acids is 1. The molecule has 1 saturated heterocycles. The zero-order chi connectivity index (χ0) is 15.2. The summed E-state index contributed by atoms with van der Waals surface area (Å²) in [6.45, 7) is 8.95. The van der Waals surface area contributed by atoms with Gasteiger partial charge in [0.25, 0.3) is 0 Å². The molecule has 3 nitrogen and oxygen atoms in total. The Kier molecular flexibility index (Phi) is 5.51. The molecular weight excluding hydrogens is 267 g/mol. The number of piperazine rings is 1. The van der Waals surface area contributed by atoms with E-state index in [0.717, 1.165) is 38.3 Å². The van der Waals surface area contributed by atoms with Gasteiger partial charge in [0.15, 0.2) is 0 Å². The Morgan fingerprint density at radius 1 is 1.19 bits per heavy atom. The fraction of sp³-hybridized carbons (Fsp3) is 0.471. The number of amides is 1. The lowest BCUT2D eigenvalue weighted by atomic mass is 10.2. The average Bonchev–Trinajstić information content (AvgIpc) is 2.46. The van der Waals surface area contributed by atoms with Crippen molar-refractivity contribution in [2.45, 2.75) is 13.8 Å². The van der Waals surface area contributed by atoms with Gasteiger partial charge in [-0.15, -0.1) is 0 Å². The van der Waals surface area contributed by atoms with Gasteiger partial charge in [0.05, 0.1) is 0 Å². The molecule has 1 fully saturated rings. The summed E-state index contributed by atoms with van der Waals surface area (Å²) in [4.78, 5) is 16.4. The van der Waals surface area contributed by atoms with Crippen LogP contribution in [-0.2, 0) is 4.79 Å². The minimum Gasteiger partial charge on any atom is -0.337 e. The van der Waals surface area contributed by atoms with Crippen molar-refractivity contribution < 1.29 is 9.18 Å². The van der Waals surface area contributed by atoms with Gasteiger partial charge in [-0.1, -0.05) is 26.0 Å². The number of carbonyl (C=O) groups is 1. The fourth-order valence-corrected chi connectivity index (χ4v) is 2.51. The average molecular weight is 290 g/mol. The highest BCUT2D eigenvalue weighted by molar-refractivity contribution is 5.91. The van der Waals surface area contributed by atoms with Crippen LogP contribution in [0.1, 0.15) is 19.4 Å². The maximum Gasteiger partial charge on any atom is 0.246 e. The molecular formula is C17H23FN2O. The van der Waals surface area contributed by atoms with E-state index in [0.29, 0.717) is 5.92 Å². The van der Waals surface area contributed by atoms with Crippen LogP contribution >= 0.6 is 0 Å². The van der Waals surface area contributed by atoms with Gasteiger partial charge in [-0.3, -0.25) is 9.69 Å². The first-order valence-corrected chi connectivity index (χ1v) is 7.49. The second kappa shape index (κ2) is 7.36. The van der Waals surface area contributed by atoms with Crippen LogP contribution in [0.3, 0.4) is 0 Å². The molecule has 1 aliphatic heterocycles. The van der Waals surface area contributed by atoms with Crippen molar-refractivity contribution in [2.75, 3.05) is 32.7 Å². The van der Waals surface area contributed by atoms with E-state index in [2.05, 4.69) is 18.7 Å². The van der Waals surface area contributed by atoms with Crippen molar-refractivity contribution >= 4 is 12.0 Å². The second-order valence-electron chi connectivity index (χ2n) is 5.90. The van der Waals surface area contributed by atoms with Crippen LogP contribution in [0.4, 0.5) is 4.39 Å². The van der Waals surface area contributed by atoms with E-state index >= 15 is 0 Å². The number of hydrogen-bond donors (Lipinski definition) is 0. The lowest BCUT2D eigenvalue weighted by Gasteiger charge is -2.35. The number of rotatable bonds is 4. The Labute approximate surface area is 126 Å². The summed E-state index contributed by atoms with van der Waals surface area (Å²) < 4.78 is 12.8. The van der Waals surface area contributed by atoms with Crippen LogP contribution < -0.4 is 0 Å². The Morgan fingerprint density at radius 3 is 2.38 bits per heavy atom. The molecule has 0 aromatic heterocycles. The van der Waals surface area contributed by atoms with Crippen molar-refractivity contribution in [3.05, 3.63) is 41.7 Å². The first kappa shape index (κ1) is 15.7. The highest BCUT2D eigenvalue weighted by atomic mass is 19.1. The summed E-state index contributed by atoms with van der Waals surface area (Å²) in [6, 6.07) is 6.13. The lowest BCUT2D eigenvalue weighted by Crippen LogP contribution is -2.49. The first-order chi connectivity index (χ1) is 10.0. The number of hydrogen-bond acceptors (Lipinski definition) is 2. The van der Waals surface area contributed by atoms with Crippen LogP contribution in [0.2, 0.25) is 0 Å². The Morgan fingerprint density at radius 2 is 1.81 bits per heavy atom. The molecule has 4 heteroatoms. The second-order valence-corrected chi connectivity index (χ2v) is 5.90.